The fourth-order valence-electron chi connectivity index (χ4n) is 8.11. The van der Waals surface area contributed by atoms with Gasteiger partial charge in [0, 0.05) is 6.42 Å². The number of allylic oxidation sites excluding steroid dienone is 19. The van der Waals surface area contributed by atoms with E-state index in [9.17, 15) is 15.0 Å². The van der Waals surface area contributed by atoms with Crippen molar-refractivity contribution < 1.29 is 15.0 Å². The Morgan fingerprint density at radius 2 is 0.647 bits per heavy atom. The van der Waals surface area contributed by atoms with Crippen molar-refractivity contribution in [2.45, 2.75) is 270 Å². The molecule has 0 aromatic heterocycles. The lowest BCUT2D eigenvalue weighted by atomic mass is 10.0. The summed E-state index contributed by atoms with van der Waals surface area (Å²) in [5, 5.41) is 23.2. The number of nitrogens with one attached hydrogen (secondary N) is 1. The van der Waals surface area contributed by atoms with Crippen LogP contribution >= 0.6 is 0 Å². The van der Waals surface area contributed by atoms with Crippen LogP contribution < -0.4 is 5.32 Å². The molecule has 0 radical (unpaired) electrons. The van der Waals surface area contributed by atoms with E-state index in [-0.39, 0.29) is 12.5 Å². The number of unbranched alkanes of at least 4 members (excludes halogenated alkanes) is 26. The quantitative estimate of drug-likeness (QED) is 0.0420. The second-order valence-corrected chi connectivity index (χ2v) is 19.0. The number of hydrogen-bond donors (Lipinski definition) is 3. The van der Waals surface area contributed by atoms with Crippen molar-refractivity contribution in [3.8, 4) is 0 Å². The van der Waals surface area contributed by atoms with Crippen LogP contribution in [-0.4, -0.2) is 34.9 Å². The number of hydrogen-bond acceptors (Lipinski definition) is 3. The van der Waals surface area contributed by atoms with Gasteiger partial charge in [0.1, 0.15) is 0 Å². The first-order valence-electron chi connectivity index (χ1n) is 28.7. The SMILES string of the molecule is CC/C=C\C/C=C\C/C=C\C/C=C\C/C=C\C/C=C\C/C=C\C/C=C\C/C=C\CCCCCCCCCC(=O)NC(CO)C(O)/C=C/CCCCCCCCCCCCCCCCCCCCC. The third-order valence-corrected chi connectivity index (χ3v) is 12.5. The smallest absolute Gasteiger partial charge is 0.220 e. The molecule has 0 bridgehead atoms. The molecule has 1 amide bonds. The Kier molecular flexibility index (Phi) is 55.4. The molecule has 0 aromatic carbocycles. The normalized spacial score (nSPS) is 13.8. The molecule has 0 spiro atoms. The number of aliphatic hydroxyl groups excluding tert-OH is 2. The Hall–Kier alpha value is -3.21. The molecule has 2 unspecified atom stereocenters. The monoisotopic (exact) mass is 940 g/mol. The number of rotatable bonds is 51. The van der Waals surface area contributed by atoms with Crippen molar-refractivity contribution in [3.05, 3.63) is 122 Å². The summed E-state index contributed by atoms with van der Waals surface area (Å²) in [4.78, 5) is 12.5. The molecule has 0 saturated carbocycles. The minimum Gasteiger partial charge on any atom is -0.394 e. The largest absolute Gasteiger partial charge is 0.394 e. The van der Waals surface area contributed by atoms with Crippen LogP contribution in [0.25, 0.3) is 0 Å². The van der Waals surface area contributed by atoms with E-state index in [1.807, 2.05) is 6.08 Å². The van der Waals surface area contributed by atoms with Crippen molar-refractivity contribution in [3.63, 3.8) is 0 Å². The van der Waals surface area contributed by atoms with Gasteiger partial charge in [-0.15, -0.1) is 0 Å². The predicted molar refractivity (Wildman–Crippen MR) is 303 cm³/mol. The minimum atomic E-state index is -0.853. The van der Waals surface area contributed by atoms with Crippen molar-refractivity contribution in [2.24, 2.45) is 0 Å². The summed E-state index contributed by atoms with van der Waals surface area (Å²) >= 11 is 0. The molecule has 0 saturated heterocycles. The summed E-state index contributed by atoms with van der Waals surface area (Å²) in [5.74, 6) is -0.0785. The van der Waals surface area contributed by atoms with Gasteiger partial charge in [0.2, 0.25) is 5.91 Å². The van der Waals surface area contributed by atoms with Crippen LogP contribution in [0.5, 0.6) is 0 Å². The van der Waals surface area contributed by atoms with Gasteiger partial charge in [0.25, 0.3) is 0 Å². The molecule has 4 nitrogen and oxygen atoms in total. The summed E-state index contributed by atoms with van der Waals surface area (Å²) in [6.07, 6.45) is 89.2. The second-order valence-electron chi connectivity index (χ2n) is 19.0. The minimum absolute atomic E-state index is 0.0785. The van der Waals surface area contributed by atoms with Crippen molar-refractivity contribution in [2.75, 3.05) is 6.61 Å². The van der Waals surface area contributed by atoms with Gasteiger partial charge in [-0.1, -0.05) is 283 Å². The van der Waals surface area contributed by atoms with E-state index < -0.39 is 12.1 Å². The highest BCUT2D eigenvalue weighted by Crippen LogP contribution is 2.16. The zero-order valence-corrected chi connectivity index (χ0v) is 44.6. The maximum absolute atomic E-state index is 12.5. The fraction of sp³-hybridized carbons (Fsp3) is 0.672. The first-order valence-corrected chi connectivity index (χ1v) is 28.7. The molecular formula is C64H109NO3. The molecule has 0 aliphatic carbocycles. The average Bonchev–Trinajstić information content (AvgIpc) is 3.34. The van der Waals surface area contributed by atoms with E-state index in [2.05, 4.69) is 129 Å². The molecule has 0 rings (SSSR count). The van der Waals surface area contributed by atoms with Gasteiger partial charge in [0.05, 0.1) is 18.8 Å². The van der Waals surface area contributed by atoms with Gasteiger partial charge in [-0.05, 0) is 89.9 Å². The Balaban J connectivity index is 3.63. The highest BCUT2D eigenvalue weighted by molar-refractivity contribution is 5.76. The van der Waals surface area contributed by atoms with Crippen LogP contribution in [0, 0.1) is 0 Å². The Morgan fingerprint density at radius 3 is 0.971 bits per heavy atom. The highest BCUT2D eigenvalue weighted by atomic mass is 16.3. The van der Waals surface area contributed by atoms with Crippen LogP contribution in [0.1, 0.15) is 258 Å². The van der Waals surface area contributed by atoms with Crippen LogP contribution in [0.15, 0.2) is 122 Å². The fourth-order valence-corrected chi connectivity index (χ4v) is 8.11. The summed E-state index contributed by atoms with van der Waals surface area (Å²) in [6.45, 7) is 4.20. The lowest BCUT2D eigenvalue weighted by Crippen LogP contribution is -2.45. The summed E-state index contributed by atoms with van der Waals surface area (Å²) in [7, 11) is 0. The third-order valence-electron chi connectivity index (χ3n) is 12.5. The maximum Gasteiger partial charge on any atom is 0.220 e. The Labute approximate surface area is 422 Å². The van der Waals surface area contributed by atoms with Gasteiger partial charge in [-0.2, -0.15) is 0 Å². The molecule has 0 fully saturated rings. The third kappa shape index (κ3) is 53.7. The topological polar surface area (TPSA) is 69.6 Å². The van der Waals surface area contributed by atoms with E-state index in [4.69, 9.17) is 0 Å². The Bertz CT molecular complexity index is 1340. The van der Waals surface area contributed by atoms with Crippen LogP contribution in [-0.2, 0) is 4.79 Å². The predicted octanol–water partition coefficient (Wildman–Crippen LogP) is 19.2. The van der Waals surface area contributed by atoms with Gasteiger partial charge >= 0.3 is 0 Å². The van der Waals surface area contributed by atoms with Crippen LogP contribution in [0.3, 0.4) is 0 Å². The van der Waals surface area contributed by atoms with E-state index in [0.29, 0.717) is 6.42 Å². The number of carbonyl (C=O) groups excluding carboxylic acids is 1. The highest BCUT2D eigenvalue weighted by Gasteiger charge is 2.18. The van der Waals surface area contributed by atoms with Crippen molar-refractivity contribution in [1.29, 1.82) is 0 Å². The molecule has 0 heterocycles. The van der Waals surface area contributed by atoms with E-state index in [0.717, 1.165) is 96.3 Å². The van der Waals surface area contributed by atoms with E-state index in [1.54, 1.807) is 6.08 Å². The standard InChI is InChI=1S/C64H109NO3/c1-3-5-7-9-11-13-15-17-19-21-23-25-26-27-28-29-30-31-32-33-34-35-36-37-38-40-42-44-46-48-50-52-54-56-58-60-64(68)65-62(61-66)63(67)59-57-55-53-51-49-47-45-43-41-39-24-22-20-18-16-14-12-10-8-6-4-2/h5,7,11,13,17,19,23,25,27-28,30-31,33-34,36-37,40,42,57,59,62-63,66-67H,3-4,6,8-10,12,14-16,18,20-22,24,26,29,32,35,38-39,41,43-56,58,60-61H2,1-2H3,(H,65,68)/b7-5-,13-11-,19-17-,25-23-,28-27-,31-30-,34-33-,37-36-,42-40-,59-57+. The van der Waals surface area contributed by atoms with Gasteiger partial charge < -0.3 is 15.5 Å². The van der Waals surface area contributed by atoms with Crippen molar-refractivity contribution >= 4 is 5.91 Å². The van der Waals surface area contributed by atoms with Gasteiger partial charge in [-0.25, -0.2) is 0 Å². The molecule has 0 aliphatic rings. The molecule has 2 atom stereocenters. The molecule has 388 valence electrons. The zero-order valence-electron chi connectivity index (χ0n) is 44.6. The molecular weight excluding hydrogens is 831 g/mol. The summed E-state index contributed by atoms with van der Waals surface area (Å²) in [5.41, 5.74) is 0. The summed E-state index contributed by atoms with van der Waals surface area (Å²) < 4.78 is 0. The summed E-state index contributed by atoms with van der Waals surface area (Å²) in [6, 6.07) is -0.638. The van der Waals surface area contributed by atoms with Crippen LogP contribution in [0.4, 0.5) is 0 Å². The lowest BCUT2D eigenvalue weighted by molar-refractivity contribution is -0.123. The van der Waals surface area contributed by atoms with Crippen LogP contribution in [0.2, 0.25) is 0 Å². The number of carbonyl (C=O) groups is 1. The molecule has 68 heavy (non-hydrogen) atoms. The average molecular weight is 941 g/mol. The Morgan fingerprint density at radius 1 is 0.368 bits per heavy atom. The van der Waals surface area contributed by atoms with E-state index >= 15 is 0 Å². The zero-order chi connectivity index (χ0) is 49.2. The lowest BCUT2D eigenvalue weighted by Gasteiger charge is -2.20. The maximum atomic E-state index is 12.5. The second kappa shape index (κ2) is 58.1. The van der Waals surface area contributed by atoms with Crippen molar-refractivity contribution in [1.82, 2.24) is 5.32 Å². The number of aliphatic hydroxyl groups is 2. The van der Waals surface area contributed by atoms with Gasteiger partial charge in [0.15, 0.2) is 0 Å². The first kappa shape index (κ1) is 64.8. The first-order chi connectivity index (χ1) is 33.7. The van der Waals surface area contributed by atoms with E-state index in [1.165, 1.54) is 141 Å². The number of amides is 1. The van der Waals surface area contributed by atoms with Gasteiger partial charge in [-0.3, -0.25) is 4.79 Å². The molecule has 3 N–H and O–H groups in total. The molecule has 0 aliphatic heterocycles. The molecule has 4 heteroatoms. The molecule has 0 aromatic rings.